The predicted octanol–water partition coefficient (Wildman–Crippen LogP) is 5.11. The van der Waals surface area contributed by atoms with E-state index in [1.165, 1.54) is 0 Å². The summed E-state index contributed by atoms with van der Waals surface area (Å²) in [6, 6.07) is 15.6. The van der Waals surface area contributed by atoms with Crippen LogP contribution in [0.2, 0.25) is 0 Å². The van der Waals surface area contributed by atoms with E-state index in [0.717, 1.165) is 58.8 Å². The number of amidine groups is 2. The van der Waals surface area contributed by atoms with Crippen LogP contribution in [0.4, 0.5) is 4.79 Å². The number of rotatable bonds is 7. The minimum atomic E-state index is -1.32. The molecule has 0 aliphatic carbocycles. The minimum Gasteiger partial charge on any atom is -0.463 e. The van der Waals surface area contributed by atoms with E-state index in [4.69, 9.17) is 15.8 Å². The quantitative estimate of drug-likeness (QED) is 0.383. The van der Waals surface area contributed by atoms with Crippen LogP contribution in [-0.2, 0) is 6.42 Å². The van der Waals surface area contributed by atoms with E-state index in [1.54, 1.807) is 6.07 Å². The van der Waals surface area contributed by atoms with Gasteiger partial charge in [-0.05, 0) is 49.5 Å². The molecule has 0 saturated heterocycles. The lowest BCUT2D eigenvalue weighted by atomic mass is 9.93. The van der Waals surface area contributed by atoms with Gasteiger partial charge >= 0.3 is 6.09 Å². The van der Waals surface area contributed by atoms with Crippen molar-refractivity contribution in [3.05, 3.63) is 82.7 Å². The molecule has 1 amide bonds. The van der Waals surface area contributed by atoms with Gasteiger partial charge < -0.3 is 20.8 Å². The molecule has 182 valence electrons. The average Bonchev–Trinajstić information content (AvgIpc) is 3.15. The monoisotopic (exact) mass is 472 g/mol. The zero-order valence-electron chi connectivity index (χ0n) is 20.5. The standard InChI is InChI=1S/C28H32N4O3/c1-4-5-10-24-23(25-16-28(3,35)17-32(25)18(2)30-24)15-19-11-13-20(14-12-19)21-8-6-7-9-22(21)26(29)31-27(33)34/h6-9,11-14,16,35H,4-5,10,15,17H2,1-3H3,(H2,29,31)(H,33,34). The Bertz CT molecular complexity index is 1250. The van der Waals surface area contributed by atoms with Gasteiger partial charge in [-0.15, -0.1) is 0 Å². The highest BCUT2D eigenvalue weighted by Crippen LogP contribution is 2.37. The number of carboxylic acid groups (broad SMARTS) is 1. The van der Waals surface area contributed by atoms with E-state index < -0.39 is 11.7 Å². The summed E-state index contributed by atoms with van der Waals surface area (Å²) in [7, 11) is 0. The number of unbranched alkanes of at least 4 members (excludes halogenated alkanes) is 1. The van der Waals surface area contributed by atoms with Crippen molar-refractivity contribution in [1.82, 2.24) is 4.90 Å². The van der Waals surface area contributed by atoms with Crippen LogP contribution >= 0.6 is 0 Å². The Kier molecular flexibility index (Phi) is 6.89. The molecule has 0 radical (unpaired) electrons. The molecule has 1 unspecified atom stereocenters. The van der Waals surface area contributed by atoms with E-state index >= 15 is 0 Å². The van der Waals surface area contributed by atoms with Crippen molar-refractivity contribution in [1.29, 1.82) is 0 Å². The topological polar surface area (TPSA) is 112 Å². The maximum Gasteiger partial charge on any atom is 0.433 e. The molecule has 0 saturated carbocycles. The van der Waals surface area contributed by atoms with Gasteiger partial charge in [0.15, 0.2) is 0 Å². The van der Waals surface area contributed by atoms with Gasteiger partial charge in [0.1, 0.15) is 17.3 Å². The molecule has 4 rings (SSSR count). The maximum atomic E-state index is 11.0. The molecular formula is C28H32N4O3. The molecule has 2 aliphatic heterocycles. The number of fused-ring (bicyclic) bond motifs is 1. The second-order valence-corrected chi connectivity index (χ2v) is 9.36. The molecule has 2 aromatic rings. The lowest BCUT2D eigenvalue weighted by Crippen LogP contribution is -2.36. The predicted molar refractivity (Wildman–Crippen MR) is 139 cm³/mol. The first kappa shape index (κ1) is 24.4. The summed E-state index contributed by atoms with van der Waals surface area (Å²) in [5.41, 5.74) is 11.8. The number of aliphatic hydroxyl groups is 1. The Morgan fingerprint density at radius 3 is 2.60 bits per heavy atom. The minimum absolute atomic E-state index is 0.0290. The summed E-state index contributed by atoms with van der Waals surface area (Å²) >= 11 is 0. The second kappa shape index (κ2) is 9.88. The summed E-state index contributed by atoms with van der Waals surface area (Å²) < 4.78 is 0. The first-order chi connectivity index (χ1) is 16.7. The van der Waals surface area contributed by atoms with E-state index in [1.807, 2.05) is 50.3 Å². The normalized spacial score (nSPS) is 20.0. The number of aliphatic imine (C=N–C) groups is 2. The van der Waals surface area contributed by atoms with E-state index in [0.29, 0.717) is 18.5 Å². The largest absolute Gasteiger partial charge is 0.463 e. The van der Waals surface area contributed by atoms with Crippen molar-refractivity contribution in [2.24, 2.45) is 15.7 Å². The summed E-state index contributed by atoms with van der Waals surface area (Å²) in [6.07, 6.45) is 4.41. The molecule has 35 heavy (non-hydrogen) atoms. The molecule has 7 nitrogen and oxygen atoms in total. The highest BCUT2D eigenvalue weighted by atomic mass is 16.4. The Morgan fingerprint density at radius 1 is 1.20 bits per heavy atom. The smallest absolute Gasteiger partial charge is 0.433 e. The van der Waals surface area contributed by atoms with Gasteiger partial charge in [-0.25, -0.2) is 9.79 Å². The number of hydrogen-bond donors (Lipinski definition) is 3. The van der Waals surface area contributed by atoms with Crippen LogP contribution in [0, 0.1) is 0 Å². The summed E-state index contributed by atoms with van der Waals surface area (Å²) in [5.74, 6) is 0.898. The zero-order valence-corrected chi connectivity index (χ0v) is 20.5. The average molecular weight is 473 g/mol. The molecule has 4 N–H and O–H groups in total. The van der Waals surface area contributed by atoms with Crippen LogP contribution in [0.25, 0.3) is 11.1 Å². The number of amides is 1. The van der Waals surface area contributed by atoms with Crippen LogP contribution in [-0.4, -0.2) is 45.0 Å². The first-order valence-corrected chi connectivity index (χ1v) is 11.9. The molecule has 2 aliphatic rings. The Morgan fingerprint density at radius 2 is 1.91 bits per heavy atom. The SMILES string of the molecule is CCCCC1=C(Cc2ccc(-c3ccccc3/C(N)=N/C(=O)O)cc2)C2=CC(C)(O)CN2C(C)=N1. The van der Waals surface area contributed by atoms with Crippen LogP contribution in [0.1, 0.15) is 51.2 Å². The number of benzene rings is 2. The Hall–Kier alpha value is -3.71. The third kappa shape index (κ3) is 5.35. The fourth-order valence-corrected chi connectivity index (χ4v) is 4.70. The van der Waals surface area contributed by atoms with E-state index in [-0.39, 0.29) is 5.84 Å². The van der Waals surface area contributed by atoms with E-state index in [2.05, 4.69) is 28.9 Å². The van der Waals surface area contributed by atoms with Gasteiger partial charge in [0.25, 0.3) is 0 Å². The number of hydrogen-bond acceptors (Lipinski definition) is 4. The van der Waals surface area contributed by atoms with Crippen LogP contribution in [0.15, 0.2) is 81.6 Å². The van der Waals surface area contributed by atoms with Crippen molar-refractivity contribution in [3.8, 4) is 11.1 Å². The second-order valence-electron chi connectivity index (χ2n) is 9.36. The van der Waals surface area contributed by atoms with E-state index in [9.17, 15) is 9.90 Å². The van der Waals surface area contributed by atoms with Crippen LogP contribution in [0.5, 0.6) is 0 Å². The third-order valence-electron chi connectivity index (χ3n) is 6.39. The maximum absolute atomic E-state index is 11.0. The van der Waals surface area contributed by atoms with Crippen molar-refractivity contribution < 1.29 is 15.0 Å². The van der Waals surface area contributed by atoms with Gasteiger partial charge in [-0.1, -0.05) is 61.9 Å². The van der Waals surface area contributed by atoms with Gasteiger partial charge in [-0.3, -0.25) is 0 Å². The number of allylic oxidation sites excluding steroid dienone is 2. The van der Waals surface area contributed by atoms with Gasteiger partial charge in [0.05, 0.1) is 6.54 Å². The lowest BCUT2D eigenvalue weighted by Gasteiger charge is -2.30. The summed E-state index contributed by atoms with van der Waals surface area (Å²) in [6.45, 7) is 6.53. The van der Waals surface area contributed by atoms with Gasteiger partial charge in [0.2, 0.25) is 0 Å². The van der Waals surface area contributed by atoms with Crippen molar-refractivity contribution >= 4 is 17.8 Å². The third-order valence-corrected chi connectivity index (χ3v) is 6.39. The lowest BCUT2D eigenvalue weighted by molar-refractivity contribution is 0.109. The molecule has 0 aromatic heterocycles. The number of nitrogens with zero attached hydrogens (tertiary/aromatic N) is 3. The molecule has 1 atom stereocenters. The van der Waals surface area contributed by atoms with Crippen molar-refractivity contribution in [3.63, 3.8) is 0 Å². The summed E-state index contributed by atoms with van der Waals surface area (Å²) in [4.78, 5) is 21.5. The summed E-state index contributed by atoms with van der Waals surface area (Å²) in [5, 5.41) is 19.7. The molecule has 2 heterocycles. The van der Waals surface area contributed by atoms with Crippen LogP contribution in [0.3, 0.4) is 0 Å². The first-order valence-electron chi connectivity index (χ1n) is 11.9. The number of nitrogens with two attached hydrogens (primary N) is 1. The molecular weight excluding hydrogens is 440 g/mol. The van der Waals surface area contributed by atoms with Crippen molar-refractivity contribution in [2.45, 2.75) is 52.1 Å². The van der Waals surface area contributed by atoms with Gasteiger partial charge in [-0.2, -0.15) is 4.99 Å². The Labute approximate surface area is 206 Å². The highest BCUT2D eigenvalue weighted by molar-refractivity contribution is 6.07. The fourth-order valence-electron chi connectivity index (χ4n) is 4.70. The zero-order chi connectivity index (χ0) is 25.2. The van der Waals surface area contributed by atoms with Gasteiger partial charge in [0, 0.05) is 29.0 Å². The molecule has 2 aromatic carbocycles. The fraction of sp³-hybridized carbons (Fsp3) is 0.321. The van der Waals surface area contributed by atoms with Crippen LogP contribution < -0.4 is 5.73 Å². The Balaban J connectivity index is 1.67. The number of carbonyl (C=O) groups is 1. The molecule has 0 spiro atoms. The highest BCUT2D eigenvalue weighted by Gasteiger charge is 2.37. The molecule has 0 bridgehead atoms. The molecule has 0 fully saturated rings. The van der Waals surface area contributed by atoms with Crippen molar-refractivity contribution in [2.75, 3.05) is 6.54 Å². The molecule has 7 heteroatoms.